The minimum atomic E-state index is -0.544. The zero-order chi connectivity index (χ0) is 19.3. The third-order valence-electron chi connectivity index (χ3n) is 6.74. The molecule has 3 amide bonds. The van der Waals surface area contributed by atoms with Crippen LogP contribution in [0, 0.1) is 11.8 Å². The van der Waals surface area contributed by atoms with Crippen LogP contribution in [0.1, 0.15) is 40.7 Å². The molecule has 0 radical (unpaired) electrons. The molecule has 2 N–H and O–H groups in total. The van der Waals surface area contributed by atoms with Gasteiger partial charge in [-0.2, -0.15) is 0 Å². The first-order valence-electron chi connectivity index (χ1n) is 10.3. The normalized spacial score (nSPS) is 28.4. The summed E-state index contributed by atoms with van der Waals surface area (Å²) < 4.78 is 0. The fraction of sp³-hybridized carbons (Fsp3) is 0.571. The highest BCUT2D eigenvalue weighted by molar-refractivity contribution is 6.05. The summed E-state index contributed by atoms with van der Waals surface area (Å²) in [6.07, 6.45) is 1.99. The number of amides is 3. The van der Waals surface area contributed by atoms with E-state index in [9.17, 15) is 14.4 Å². The van der Waals surface area contributed by atoms with Gasteiger partial charge in [-0.05, 0) is 55.0 Å². The van der Waals surface area contributed by atoms with Crippen molar-refractivity contribution in [2.24, 2.45) is 11.8 Å². The van der Waals surface area contributed by atoms with E-state index in [0.29, 0.717) is 18.5 Å². The van der Waals surface area contributed by atoms with Gasteiger partial charge in [-0.1, -0.05) is 12.1 Å². The summed E-state index contributed by atoms with van der Waals surface area (Å²) in [5.41, 5.74) is 2.90. The fourth-order valence-corrected chi connectivity index (χ4v) is 5.10. The van der Waals surface area contributed by atoms with E-state index in [1.807, 2.05) is 12.1 Å². The molecule has 1 aromatic carbocycles. The Morgan fingerprint density at radius 1 is 1.07 bits per heavy atom. The lowest BCUT2D eigenvalue weighted by Gasteiger charge is -2.42. The molecule has 4 aliphatic rings. The fourth-order valence-electron chi connectivity index (χ4n) is 5.10. The predicted octanol–water partition coefficient (Wildman–Crippen LogP) is 0.489. The molecule has 148 valence electrons. The molecular weight excluding hydrogens is 356 g/mol. The number of benzene rings is 1. The summed E-state index contributed by atoms with van der Waals surface area (Å²) in [5.74, 6) is 0.929. The number of rotatable bonds is 4. The lowest BCUT2D eigenvalue weighted by atomic mass is 9.85. The Kier molecular flexibility index (Phi) is 4.44. The van der Waals surface area contributed by atoms with Gasteiger partial charge in [0.25, 0.3) is 5.91 Å². The van der Waals surface area contributed by atoms with Gasteiger partial charge >= 0.3 is 0 Å². The average Bonchev–Trinajstić information content (AvgIpc) is 3.26. The zero-order valence-corrected chi connectivity index (χ0v) is 15.9. The lowest BCUT2D eigenvalue weighted by molar-refractivity contribution is -0.136. The number of nitrogens with one attached hydrogen (secondary N) is 2. The van der Waals surface area contributed by atoms with E-state index < -0.39 is 6.04 Å². The topological polar surface area (TPSA) is 81.8 Å². The third-order valence-corrected chi connectivity index (χ3v) is 6.74. The minimum Gasteiger partial charge on any atom is -0.322 e. The molecule has 4 heterocycles. The molecule has 28 heavy (non-hydrogen) atoms. The summed E-state index contributed by atoms with van der Waals surface area (Å²) in [7, 11) is 0. The van der Waals surface area contributed by atoms with Crippen molar-refractivity contribution in [3.8, 4) is 0 Å². The first kappa shape index (κ1) is 17.8. The van der Waals surface area contributed by atoms with Gasteiger partial charge in [-0.15, -0.1) is 0 Å². The van der Waals surface area contributed by atoms with Gasteiger partial charge < -0.3 is 10.2 Å². The van der Waals surface area contributed by atoms with Crippen LogP contribution in [0.4, 0.5) is 0 Å². The van der Waals surface area contributed by atoms with Crippen molar-refractivity contribution in [3.63, 3.8) is 0 Å². The van der Waals surface area contributed by atoms with E-state index in [4.69, 9.17) is 0 Å². The molecule has 0 spiro atoms. The maximum absolute atomic E-state index is 12.8. The number of nitrogens with zero attached hydrogens (tertiary/aromatic N) is 2. The standard InChI is InChI=1S/C21H26N4O3/c26-19-4-3-18(20(27)23-19)25-12-15-7-13(1-2-17(15)21(25)28)9-24-10-16(11-24)14-5-6-22-8-14/h1-2,7,14,16,18,22H,3-6,8-12H2,(H,23,26,27). The maximum Gasteiger partial charge on any atom is 0.255 e. The molecule has 0 aliphatic carbocycles. The molecule has 7 nitrogen and oxygen atoms in total. The van der Waals surface area contributed by atoms with Gasteiger partial charge in [0.05, 0.1) is 0 Å². The van der Waals surface area contributed by atoms with Crippen molar-refractivity contribution < 1.29 is 14.4 Å². The van der Waals surface area contributed by atoms with E-state index >= 15 is 0 Å². The van der Waals surface area contributed by atoms with Gasteiger partial charge in [0, 0.05) is 38.2 Å². The van der Waals surface area contributed by atoms with Crippen molar-refractivity contribution in [2.45, 2.75) is 38.4 Å². The molecule has 2 unspecified atom stereocenters. The van der Waals surface area contributed by atoms with Crippen LogP contribution in [-0.4, -0.2) is 59.7 Å². The van der Waals surface area contributed by atoms with E-state index in [1.54, 1.807) is 4.90 Å². The van der Waals surface area contributed by atoms with Crippen molar-refractivity contribution in [1.29, 1.82) is 0 Å². The minimum absolute atomic E-state index is 0.103. The van der Waals surface area contributed by atoms with Gasteiger partial charge in [0.15, 0.2) is 0 Å². The first-order valence-corrected chi connectivity index (χ1v) is 10.3. The van der Waals surface area contributed by atoms with Crippen LogP contribution in [0.2, 0.25) is 0 Å². The smallest absolute Gasteiger partial charge is 0.255 e. The van der Waals surface area contributed by atoms with Crippen molar-refractivity contribution in [2.75, 3.05) is 26.2 Å². The summed E-state index contributed by atoms with van der Waals surface area (Å²) in [6, 6.07) is 5.51. The van der Waals surface area contributed by atoms with Crippen LogP contribution < -0.4 is 10.6 Å². The molecule has 0 saturated carbocycles. The molecule has 3 fully saturated rings. The third kappa shape index (κ3) is 3.12. The number of imide groups is 1. The lowest BCUT2D eigenvalue weighted by Crippen LogP contribution is -2.52. The number of hydrogen-bond acceptors (Lipinski definition) is 5. The molecule has 4 aliphatic heterocycles. The Hall–Kier alpha value is -2.25. The van der Waals surface area contributed by atoms with Crippen molar-refractivity contribution >= 4 is 17.7 Å². The molecule has 3 saturated heterocycles. The SMILES string of the molecule is O=C1CCC(N2Cc3cc(CN4CC(C5CCNC5)C4)ccc3C2=O)C(=O)N1. The van der Waals surface area contributed by atoms with Gasteiger partial charge in [0.1, 0.15) is 6.04 Å². The molecule has 2 atom stereocenters. The second kappa shape index (κ2) is 6.97. The molecule has 7 heteroatoms. The summed E-state index contributed by atoms with van der Waals surface area (Å²) in [4.78, 5) is 40.4. The Morgan fingerprint density at radius 3 is 2.68 bits per heavy atom. The summed E-state index contributed by atoms with van der Waals surface area (Å²) >= 11 is 0. The first-order chi connectivity index (χ1) is 13.6. The van der Waals surface area contributed by atoms with Gasteiger partial charge in [0.2, 0.25) is 11.8 Å². The number of hydrogen-bond donors (Lipinski definition) is 2. The maximum atomic E-state index is 12.8. The highest BCUT2D eigenvalue weighted by Gasteiger charge is 2.39. The molecule has 0 aromatic heterocycles. The number of carbonyl (C=O) groups is 3. The second-order valence-corrected chi connectivity index (χ2v) is 8.60. The quantitative estimate of drug-likeness (QED) is 0.741. The van der Waals surface area contributed by atoms with Crippen LogP contribution >= 0.6 is 0 Å². The average molecular weight is 382 g/mol. The Labute approximate surface area is 164 Å². The molecule has 1 aromatic rings. The highest BCUT2D eigenvalue weighted by Crippen LogP contribution is 2.31. The van der Waals surface area contributed by atoms with Crippen LogP contribution in [0.3, 0.4) is 0 Å². The van der Waals surface area contributed by atoms with E-state index in [2.05, 4.69) is 21.6 Å². The number of fused-ring (bicyclic) bond motifs is 1. The highest BCUT2D eigenvalue weighted by atomic mass is 16.2. The van der Waals surface area contributed by atoms with E-state index in [-0.39, 0.29) is 24.1 Å². The molecule has 0 bridgehead atoms. The monoisotopic (exact) mass is 382 g/mol. The largest absolute Gasteiger partial charge is 0.322 e. The van der Waals surface area contributed by atoms with E-state index in [1.165, 1.54) is 12.0 Å². The van der Waals surface area contributed by atoms with Crippen LogP contribution in [0.5, 0.6) is 0 Å². The summed E-state index contributed by atoms with van der Waals surface area (Å²) in [6.45, 7) is 6.00. The molecule has 5 rings (SSSR count). The summed E-state index contributed by atoms with van der Waals surface area (Å²) in [5, 5.41) is 5.80. The Morgan fingerprint density at radius 2 is 1.93 bits per heavy atom. The predicted molar refractivity (Wildman–Crippen MR) is 102 cm³/mol. The Balaban J connectivity index is 1.22. The Bertz CT molecular complexity index is 827. The second-order valence-electron chi connectivity index (χ2n) is 8.60. The van der Waals surface area contributed by atoms with Crippen LogP contribution in [0.25, 0.3) is 0 Å². The van der Waals surface area contributed by atoms with Crippen LogP contribution in [-0.2, 0) is 22.7 Å². The zero-order valence-electron chi connectivity index (χ0n) is 15.9. The number of piperidine rings is 1. The van der Waals surface area contributed by atoms with Crippen molar-refractivity contribution in [3.05, 3.63) is 34.9 Å². The number of carbonyl (C=O) groups excluding carboxylic acids is 3. The van der Waals surface area contributed by atoms with Crippen LogP contribution in [0.15, 0.2) is 18.2 Å². The van der Waals surface area contributed by atoms with E-state index in [0.717, 1.165) is 50.1 Å². The van der Waals surface area contributed by atoms with Gasteiger partial charge in [-0.3, -0.25) is 24.6 Å². The van der Waals surface area contributed by atoms with Gasteiger partial charge in [-0.25, -0.2) is 0 Å². The molecular formula is C21H26N4O3. The number of likely N-dealkylation sites (tertiary alicyclic amines) is 1. The van der Waals surface area contributed by atoms with Crippen molar-refractivity contribution in [1.82, 2.24) is 20.4 Å².